The van der Waals surface area contributed by atoms with E-state index in [9.17, 15) is 4.79 Å². The van der Waals surface area contributed by atoms with Gasteiger partial charge >= 0.3 is 5.97 Å². The van der Waals surface area contributed by atoms with Gasteiger partial charge in [0.25, 0.3) is 0 Å². The summed E-state index contributed by atoms with van der Waals surface area (Å²) in [6.45, 7) is 3.85. The fourth-order valence-electron chi connectivity index (χ4n) is 2.18. The van der Waals surface area contributed by atoms with Crippen LogP contribution in [0, 0.1) is 12.3 Å². The Hall–Kier alpha value is -0.870. The van der Waals surface area contributed by atoms with Crippen molar-refractivity contribution in [1.82, 2.24) is 4.90 Å². The Labute approximate surface area is 106 Å². The maximum atomic E-state index is 11.7. The molecule has 1 aliphatic carbocycles. The molecule has 0 bridgehead atoms. The lowest BCUT2D eigenvalue weighted by Gasteiger charge is -2.21. The highest BCUT2D eigenvalue weighted by atomic mass is 32.1. The Bertz CT molecular complexity index is 409. The number of thiophene rings is 1. The van der Waals surface area contributed by atoms with Crippen molar-refractivity contribution in [3.63, 3.8) is 0 Å². The van der Waals surface area contributed by atoms with Crippen molar-refractivity contribution >= 4 is 17.3 Å². The minimum Gasteiger partial charge on any atom is -0.469 e. The maximum Gasteiger partial charge on any atom is 0.313 e. The molecule has 0 N–H and O–H groups in total. The molecule has 0 amide bonds. The third kappa shape index (κ3) is 2.69. The van der Waals surface area contributed by atoms with Gasteiger partial charge in [-0.25, -0.2) is 0 Å². The summed E-state index contributed by atoms with van der Waals surface area (Å²) in [5.41, 5.74) is 1.12. The van der Waals surface area contributed by atoms with Gasteiger partial charge < -0.3 is 9.64 Å². The number of rotatable bonds is 5. The van der Waals surface area contributed by atoms with Crippen LogP contribution in [0.3, 0.4) is 0 Å². The highest BCUT2D eigenvalue weighted by molar-refractivity contribution is 7.10. The Morgan fingerprint density at radius 2 is 2.29 bits per heavy atom. The smallest absolute Gasteiger partial charge is 0.313 e. The molecule has 0 aliphatic heterocycles. The molecule has 1 heterocycles. The first-order chi connectivity index (χ1) is 8.07. The first kappa shape index (κ1) is 12.6. The summed E-state index contributed by atoms with van der Waals surface area (Å²) in [4.78, 5) is 15.3. The topological polar surface area (TPSA) is 29.5 Å². The normalized spacial score (nSPS) is 17.2. The number of esters is 1. The van der Waals surface area contributed by atoms with E-state index in [2.05, 4.69) is 30.3 Å². The quantitative estimate of drug-likeness (QED) is 0.755. The third-order valence-electron chi connectivity index (χ3n) is 3.43. The lowest BCUT2D eigenvalue weighted by atomic mass is 10.1. The number of aryl methyl sites for hydroxylation is 1. The molecule has 0 unspecified atom stereocenters. The van der Waals surface area contributed by atoms with Gasteiger partial charge in [0.05, 0.1) is 12.5 Å². The Morgan fingerprint density at radius 3 is 2.76 bits per heavy atom. The van der Waals surface area contributed by atoms with Gasteiger partial charge in [-0.15, -0.1) is 11.3 Å². The summed E-state index contributed by atoms with van der Waals surface area (Å²) in [7, 11) is 3.55. The highest BCUT2D eigenvalue weighted by Crippen LogP contribution is 2.47. The van der Waals surface area contributed by atoms with Crippen molar-refractivity contribution in [2.75, 3.05) is 20.7 Å². The molecule has 0 radical (unpaired) electrons. The Balaban J connectivity index is 1.92. The van der Waals surface area contributed by atoms with Gasteiger partial charge in [0.2, 0.25) is 0 Å². The number of carbonyl (C=O) groups excluding carboxylic acids is 1. The minimum atomic E-state index is -0.214. The SMILES string of the molecule is COC(=O)C1(CN(C)Cc2sccc2C)CC1. The second kappa shape index (κ2) is 4.78. The van der Waals surface area contributed by atoms with E-state index < -0.39 is 0 Å². The van der Waals surface area contributed by atoms with Crippen LogP contribution in [-0.4, -0.2) is 31.6 Å². The average molecular weight is 253 g/mol. The van der Waals surface area contributed by atoms with Crippen LogP contribution in [0.4, 0.5) is 0 Å². The van der Waals surface area contributed by atoms with Crippen LogP contribution < -0.4 is 0 Å². The molecule has 1 saturated carbocycles. The number of carbonyl (C=O) groups is 1. The fraction of sp³-hybridized carbons (Fsp3) is 0.615. The van der Waals surface area contributed by atoms with Gasteiger partial charge in [0.15, 0.2) is 0 Å². The zero-order valence-corrected chi connectivity index (χ0v) is 11.5. The van der Waals surface area contributed by atoms with E-state index in [0.29, 0.717) is 0 Å². The lowest BCUT2D eigenvalue weighted by molar-refractivity contribution is -0.147. The summed E-state index contributed by atoms with van der Waals surface area (Å²) in [6.07, 6.45) is 1.93. The van der Waals surface area contributed by atoms with Crippen molar-refractivity contribution in [1.29, 1.82) is 0 Å². The van der Waals surface area contributed by atoms with Crippen LogP contribution in [0.15, 0.2) is 11.4 Å². The van der Waals surface area contributed by atoms with E-state index >= 15 is 0 Å². The minimum absolute atomic E-state index is 0.0488. The Kier molecular flexibility index (Phi) is 3.54. The summed E-state index contributed by atoms with van der Waals surface area (Å²) in [5, 5.41) is 2.12. The summed E-state index contributed by atoms with van der Waals surface area (Å²) in [5.74, 6) is -0.0488. The third-order valence-corrected chi connectivity index (χ3v) is 4.43. The van der Waals surface area contributed by atoms with E-state index in [0.717, 1.165) is 25.9 Å². The van der Waals surface area contributed by atoms with Crippen LogP contribution in [-0.2, 0) is 16.1 Å². The van der Waals surface area contributed by atoms with Crippen molar-refractivity contribution in [3.05, 3.63) is 21.9 Å². The zero-order chi connectivity index (χ0) is 12.5. The highest BCUT2D eigenvalue weighted by Gasteiger charge is 2.51. The molecule has 0 aromatic carbocycles. The first-order valence-corrected chi connectivity index (χ1v) is 6.75. The second-order valence-corrected chi connectivity index (χ2v) is 5.97. The largest absolute Gasteiger partial charge is 0.469 e. The van der Waals surface area contributed by atoms with Gasteiger partial charge in [-0.2, -0.15) is 0 Å². The van der Waals surface area contributed by atoms with Crippen LogP contribution in [0.25, 0.3) is 0 Å². The monoisotopic (exact) mass is 253 g/mol. The average Bonchev–Trinajstić information content (AvgIpc) is 2.97. The van der Waals surface area contributed by atoms with E-state index in [4.69, 9.17) is 4.74 Å². The summed E-state index contributed by atoms with van der Waals surface area (Å²) >= 11 is 1.78. The van der Waals surface area contributed by atoms with Crippen LogP contribution in [0.1, 0.15) is 23.3 Å². The van der Waals surface area contributed by atoms with E-state index in [1.807, 2.05) is 0 Å². The molecule has 17 heavy (non-hydrogen) atoms. The molecule has 3 nitrogen and oxygen atoms in total. The second-order valence-electron chi connectivity index (χ2n) is 4.97. The predicted octanol–water partition coefficient (Wildman–Crippen LogP) is 2.44. The van der Waals surface area contributed by atoms with Crippen LogP contribution in [0.5, 0.6) is 0 Å². The van der Waals surface area contributed by atoms with Crippen molar-refractivity contribution in [2.24, 2.45) is 5.41 Å². The molecule has 1 fully saturated rings. The Morgan fingerprint density at radius 1 is 1.59 bits per heavy atom. The van der Waals surface area contributed by atoms with Crippen molar-refractivity contribution < 1.29 is 9.53 Å². The van der Waals surface area contributed by atoms with Crippen LogP contribution >= 0.6 is 11.3 Å². The molecule has 94 valence electrons. The van der Waals surface area contributed by atoms with Crippen molar-refractivity contribution in [3.8, 4) is 0 Å². The fourth-order valence-corrected chi connectivity index (χ4v) is 3.16. The number of nitrogens with zero attached hydrogens (tertiary/aromatic N) is 1. The van der Waals surface area contributed by atoms with Gasteiger partial charge in [0, 0.05) is 18.0 Å². The summed E-state index contributed by atoms with van der Waals surface area (Å²) in [6, 6.07) is 2.14. The molecule has 1 aliphatic rings. The standard InChI is InChI=1S/C13H19NO2S/c1-10-4-7-17-11(10)8-14(2)9-13(5-6-13)12(15)16-3/h4,7H,5-6,8-9H2,1-3H3. The van der Waals surface area contributed by atoms with E-state index in [1.54, 1.807) is 11.3 Å². The number of methoxy groups -OCH3 is 1. The molecular weight excluding hydrogens is 234 g/mol. The predicted molar refractivity (Wildman–Crippen MR) is 69.1 cm³/mol. The molecule has 4 heteroatoms. The zero-order valence-electron chi connectivity index (χ0n) is 10.7. The van der Waals surface area contributed by atoms with Crippen LogP contribution in [0.2, 0.25) is 0 Å². The maximum absolute atomic E-state index is 11.7. The number of ether oxygens (including phenoxy) is 1. The molecular formula is C13H19NO2S. The van der Waals surface area contributed by atoms with Gasteiger partial charge in [-0.05, 0) is 43.8 Å². The van der Waals surface area contributed by atoms with Gasteiger partial charge in [-0.3, -0.25) is 4.79 Å². The molecule has 1 aromatic heterocycles. The molecule has 1 aromatic rings. The van der Waals surface area contributed by atoms with Crippen molar-refractivity contribution in [2.45, 2.75) is 26.3 Å². The molecule has 0 saturated heterocycles. The first-order valence-electron chi connectivity index (χ1n) is 5.87. The van der Waals surface area contributed by atoms with E-state index in [-0.39, 0.29) is 11.4 Å². The number of hydrogen-bond donors (Lipinski definition) is 0. The van der Waals surface area contributed by atoms with Gasteiger partial charge in [0.1, 0.15) is 0 Å². The number of hydrogen-bond acceptors (Lipinski definition) is 4. The molecule has 0 spiro atoms. The molecule has 2 rings (SSSR count). The van der Waals surface area contributed by atoms with Gasteiger partial charge in [-0.1, -0.05) is 0 Å². The molecule has 0 atom stereocenters. The van der Waals surface area contributed by atoms with E-state index in [1.165, 1.54) is 17.6 Å². The summed E-state index contributed by atoms with van der Waals surface area (Å²) < 4.78 is 4.87. The lowest BCUT2D eigenvalue weighted by Crippen LogP contribution is -2.32.